The number of ether oxygens (including phenoxy) is 3. The number of aliphatic hydroxyl groups excluding tert-OH is 3. The van der Waals surface area contributed by atoms with Gasteiger partial charge in [-0.3, -0.25) is 0 Å². The summed E-state index contributed by atoms with van der Waals surface area (Å²) in [6.07, 6.45) is 1.43. The zero-order valence-corrected chi connectivity index (χ0v) is 32.3. The van der Waals surface area contributed by atoms with E-state index in [9.17, 15) is 35.4 Å². The lowest BCUT2D eigenvalue weighted by Crippen LogP contribution is -2.75. The Hall–Kier alpha value is -4.37. The van der Waals surface area contributed by atoms with Crippen LogP contribution in [0.1, 0.15) is 49.8 Å². The minimum Gasteiger partial charge on any atom is -0.508 e. The van der Waals surface area contributed by atoms with Gasteiger partial charge in [-0.15, -0.1) is 0 Å². The standard InChI is InChI=1S/C46H50N2O10/c1-47-22-27-21-31-32-14-16-35(51)46(55)45(32,54)42(56-39(31)37(38(27)52)44(17-5-2-6-18-44)28-10-12-29(50)13-11-28)41(58-46)43(53)57-40-34(23-49)48-33-15-9-26-19-24-7-3-4-8-25(24)20-30(26)36(33)40/h3-4,7-16,19-20,27,31-32,35,37-39,41-42,47-52,54-55H,2,5-6,17-18,21-23H2,1H3/t27-,31-,32+,35+,37-,38-,39-,41-,42+,45-,46+/m1/s1. The smallest absolute Gasteiger partial charge is 0.343 e. The van der Waals surface area contributed by atoms with Crippen LogP contribution in [0.25, 0.3) is 32.4 Å². The average molecular weight is 791 g/mol. The molecule has 11 atom stereocenters. The summed E-state index contributed by atoms with van der Waals surface area (Å²) < 4.78 is 19.4. The SMILES string of the molecule is CNC[C@H]1C[C@H]2[C@@H](O[C@H]3[C@H](C(=O)Oc4c(CO)[nH]c5ccc6cc7ccccc7cc6c45)O[C@@]4(O)[C@@H](O)C=C[C@@H]2[C@@]34O)[C@H](C2(c3ccc(O)cc3)CCCCC2)[C@@H]1O. The summed E-state index contributed by atoms with van der Waals surface area (Å²) in [6.45, 7) is 0.0122. The van der Waals surface area contributed by atoms with Gasteiger partial charge in [-0.1, -0.05) is 73.9 Å². The van der Waals surface area contributed by atoms with Gasteiger partial charge in [-0.25, -0.2) is 4.79 Å². The van der Waals surface area contributed by atoms with Crippen LogP contribution < -0.4 is 10.1 Å². The number of fused-ring (bicyclic) bond motifs is 6. The van der Waals surface area contributed by atoms with Crippen molar-refractivity contribution in [3.8, 4) is 11.5 Å². The van der Waals surface area contributed by atoms with E-state index in [1.807, 2.05) is 67.7 Å². The molecule has 3 heterocycles. The van der Waals surface area contributed by atoms with Gasteiger partial charge in [0.15, 0.2) is 17.5 Å². The third kappa shape index (κ3) is 5.33. The fourth-order valence-corrected chi connectivity index (χ4v) is 11.9. The van der Waals surface area contributed by atoms with Gasteiger partial charge in [0.05, 0.1) is 35.4 Å². The lowest BCUT2D eigenvalue weighted by molar-refractivity contribution is -0.341. The number of aromatic hydroxyl groups is 1. The Morgan fingerprint density at radius 1 is 0.948 bits per heavy atom. The first-order valence-electron chi connectivity index (χ1n) is 20.6. The molecule has 4 aromatic carbocycles. The second kappa shape index (κ2) is 13.9. The number of aliphatic hydroxyl groups is 5. The number of benzene rings is 4. The third-order valence-corrected chi connectivity index (χ3v) is 14.5. The molecule has 12 nitrogen and oxygen atoms in total. The average Bonchev–Trinajstić information content (AvgIpc) is 3.71. The molecule has 0 spiro atoms. The predicted octanol–water partition coefficient (Wildman–Crippen LogP) is 4.45. The zero-order valence-electron chi connectivity index (χ0n) is 32.3. The molecule has 0 radical (unpaired) electrons. The number of aromatic amines is 1. The topological polar surface area (TPSA) is 194 Å². The summed E-state index contributed by atoms with van der Waals surface area (Å²) in [5, 5.41) is 77.4. The number of hydrogen-bond acceptors (Lipinski definition) is 11. The Bertz CT molecular complexity index is 2420. The van der Waals surface area contributed by atoms with Gasteiger partial charge in [-0.2, -0.15) is 0 Å². The third-order valence-electron chi connectivity index (χ3n) is 14.5. The summed E-state index contributed by atoms with van der Waals surface area (Å²) in [5.41, 5.74) is -1.01. The molecule has 4 fully saturated rings. The molecule has 3 aliphatic carbocycles. The first kappa shape index (κ1) is 37.9. The van der Waals surface area contributed by atoms with Crippen molar-refractivity contribution < 1.29 is 49.6 Å². The van der Waals surface area contributed by atoms with Crippen molar-refractivity contribution in [1.29, 1.82) is 0 Å². The van der Waals surface area contributed by atoms with E-state index in [1.165, 1.54) is 6.08 Å². The van der Waals surface area contributed by atoms with Crippen LogP contribution in [0.15, 0.2) is 84.9 Å². The molecule has 0 bridgehead atoms. The van der Waals surface area contributed by atoms with Crippen LogP contribution in [0.5, 0.6) is 11.5 Å². The first-order chi connectivity index (χ1) is 28.0. The number of H-pyrrole nitrogens is 1. The van der Waals surface area contributed by atoms with Crippen LogP contribution >= 0.6 is 0 Å². The van der Waals surface area contributed by atoms with Gasteiger partial charge in [-0.05, 0) is 95.6 Å². The Balaban J connectivity index is 1.09. The molecule has 0 unspecified atom stereocenters. The Morgan fingerprint density at radius 3 is 2.41 bits per heavy atom. The lowest BCUT2D eigenvalue weighted by atomic mass is 9.50. The Kier molecular flexibility index (Phi) is 9.05. The Morgan fingerprint density at radius 2 is 1.69 bits per heavy atom. The molecule has 8 N–H and O–H groups in total. The molecule has 304 valence electrons. The van der Waals surface area contributed by atoms with E-state index in [1.54, 1.807) is 18.2 Å². The van der Waals surface area contributed by atoms with E-state index in [4.69, 9.17) is 14.2 Å². The van der Waals surface area contributed by atoms with E-state index >= 15 is 0 Å². The van der Waals surface area contributed by atoms with E-state index in [0.29, 0.717) is 23.9 Å². The molecule has 5 aromatic rings. The summed E-state index contributed by atoms with van der Waals surface area (Å²) in [5.74, 6) is -5.45. The van der Waals surface area contributed by atoms with Crippen LogP contribution in [0.3, 0.4) is 0 Å². The minimum atomic E-state index is -2.64. The van der Waals surface area contributed by atoms with E-state index in [-0.39, 0.29) is 23.1 Å². The number of hydrogen-bond donors (Lipinski definition) is 8. The summed E-state index contributed by atoms with van der Waals surface area (Å²) in [7, 11) is 1.84. The molecule has 2 saturated heterocycles. The molecule has 2 aliphatic heterocycles. The molecule has 1 aromatic heterocycles. The summed E-state index contributed by atoms with van der Waals surface area (Å²) in [6, 6.07) is 23.0. The maximum Gasteiger partial charge on any atom is 0.343 e. The number of phenolic OH excluding ortho intramolecular Hbond substituents is 1. The van der Waals surface area contributed by atoms with Crippen molar-refractivity contribution in [1.82, 2.24) is 10.3 Å². The number of rotatable bonds is 7. The highest BCUT2D eigenvalue weighted by atomic mass is 16.7. The van der Waals surface area contributed by atoms with Gasteiger partial charge in [0.2, 0.25) is 5.79 Å². The number of esters is 1. The fraction of sp³-hybridized carbons (Fsp3) is 0.457. The van der Waals surface area contributed by atoms with Crippen LogP contribution in [-0.4, -0.2) is 97.1 Å². The number of nitrogens with one attached hydrogen (secondary N) is 2. The Labute approximate surface area is 335 Å². The molecular formula is C46H50N2O10. The number of phenols is 1. The predicted molar refractivity (Wildman–Crippen MR) is 215 cm³/mol. The van der Waals surface area contributed by atoms with Crippen LogP contribution in [0.2, 0.25) is 0 Å². The summed E-state index contributed by atoms with van der Waals surface area (Å²) in [4.78, 5) is 17.9. The van der Waals surface area contributed by atoms with Crippen LogP contribution in [0, 0.1) is 23.7 Å². The number of carbonyl (C=O) groups excluding carboxylic acids is 1. The van der Waals surface area contributed by atoms with Crippen molar-refractivity contribution in [3.63, 3.8) is 0 Å². The highest BCUT2D eigenvalue weighted by molar-refractivity contribution is 6.14. The molecular weight excluding hydrogens is 741 g/mol. The van der Waals surface area contributed by atoms with Crippen molar-refractivity contribution in [2.24, 2.45) is 23.7 Å². The molecule has 0 amide bonds. The lowest BCUT2D eigenvalue weighted by Gasteiger charge is -2.62. The molecule has 2 saturated carbocycles. The van der Waals surface area contributed by atoms with Gasteiger partial charge >= 0.3 is 5.97 Å². The second-order valence-corrected chi connectivity index (χ2v) is 17.4. The zero-order chi connectivity index (χ0) is 40.1. The largest absolute Gasteiger partial charge is 0.508 e. The molecule has 58 heavy (non-hydrogen) atoms. The molecule has 5 aliphatic rings. The van der Waals surface area contributed by atoms with E-state index in [2.05, 4.69) is 10.3 Å². The normalized spacial score (nSPS) is 35.2. The number of aromatic nitrogens is 1. The maximum absolute atomic E-state index is 14.7. The monoisotopic (exact) mass is 790 g/mol. The highest BCUT2D eigenvalue weighted by Crippen LogP contribution is 2.62. The first-order valence-corrected chi connectivity index (χ1v) is 20.6. The van der Waals surface area contributed by atoms with Crippen molar-refractivity contribution in [2.45, 2.75) is 92.5 Å². The highest BCUT2D eigenvalue weighted by Gasteiger charge is 2.78. The van der Waals surface area contributed by atoms with E-state index < -0.39 is 77.7 Å². The van der Waals surface area contributed by atoms with Gasteiger partial charge in [0, 0.05) is 23.8 Å². The van der Waals surface area contributed by atoms with Gasteiger partial charge in [0.1, 0.15) is 18.0 Å². The minimum absolute atomic E-state index is 0.0825. The maximum atomic E-state index is 14.7. The van der Waals surface area contributed by atoms with Crippen LogP contribution in [0.4, 0.5) is 0 Å². The van der Waals surface area contributed by atoms with Crippen molar-refractivity contribution in [2.75, 3.05) is 13.6 Å². The van der Waals surface area contributed by atoms with Gasteiger partial charge < -0.3 is 55.2 Å². The summed E-state index contributed by atoms with van der Waals surface area (Å²) >= 11 is 0. The van der Waals surface area contributed by atoms with Gasteiger partial charge in [0.25, 0.3) is 0 Å². The van der Waals surface area contributed by atoms with Crippen molar-refractivity contribution >= 4 is 38.4 Å². The fourth-order valence-electron chi connectivity index (χ4n) is 11.9. The van der Waals surface area contributed by atoms with Crippen LogP contribution in [-0.2, 0) is 26.3 Å². The van der Waals surface area contributed by atoms with E-state index in [0.717, 1.165) is 59.2 Å². The molecule has 10 rings (SSSR count). The number of carbonyl (C=O) groups is 1. The molecule has 12 heteroatoms. The quantitative estimate of drug-likeness (QED) is 0.0660. The second-order valence-electron chi connectivity index (χ2n) is 17.4. The van der Waals surface area contributed by atoms with Crippen molar-refractivity contribution in [3.05, 3.63) is 96.2 Å².